The smallest absolute Gasteiger partial charge is 0.230 e. The monoisotopic (exact) mass is 388 g/mol. The van der Waals surface area contributed by atoms with Gasteiger partial charge in [0.15, 0.2) is 11.6 Å². The van der Waals surface area contributed by atoms with Gasteiger partial charge in [-0.15, -0.1) is 0 Å². The number of hydrogen-bond donors (Lipinski definition) is 0. The maximum Gasteiger partial charge on any atom is 0.230 e. The van der Waals surface area contributed by atoms with E-state index in [1.165, 1.54) is 11.6 Å². The highest BCUT2D eigenvalue weighted by Gasteiger charge is 2.48. The number of carbonyl (C=O) groups is 1. The van der Waals surface area contributed by atoms with Crippen LogP contribution in [0.1, 0.15) is 36.1 Å². The SMILES string of the molecule is Cc1c(CN2CCC3(CCCN(Cc4ccc(F)c(F)c4)C3=O)C2)cnn1C. The van der Waals surface area contributed by atoms with Gasteiger partial charge in [0.2, 0.25) is 5.91 Å². The van der Waals surface area contributed by atoms with E-state index in [1.807, 2.05) is 22.8 Å². The second-order valence-corrected chi connectivity index (χ2v) is 8.20. The normalized spacial score (nSPS) is 23.1. The number of nitrogens with zero attached hydrogens (tertiary/aromatic N) is 4. The summed E-state index contributed by atoms with van der Waals surface area (Å²) in [6, 6.07) is 3.87. The molecule has 0 bridgehead atoms. The van der Waals surface area contributed by atoms with E-state index in [0.717, 1.165) is 50.7 Å². The summed E-state index contributed by atoms with van der Waals surface area (Å²) in [6.07, 6.45) is 4.58. The molecule has 2 aliphatic rings. The molecule has 4 rings (SSSR count). The summed E-state index contributed by atoms with van der Waals surface area (Å²) in [5, 5.41) is 4.31. The van der Waals surface area contributed by atoms with Crippen LogP contribution in [0.15, 0.2) is 24.4 Å². The fraction of sp³-hybridized carbons (Fsp3) is 0.524. The topological polar surface area (TPSA) is 41.4 Å². The number of aryl methyl sites for hydroxylation is 1. The first-order chi connectivity index (χ1) is 13.4. The van der Waals surface area contributed by atoms with Crippen LogP contribution in [-0.2, 0) is 24.9 Å². The predicted molar refractivity (Wildman–Crippen MR) is 101 cm³/mol. The van der Waals surface area contributed by atoms with Gasteiger partial charge in [-0.3, -0.25) is 14.4 Å². The minimum Gasteiger partial charge on any atom is -0.338 e. The first kappa shape index (κ1) is 19.1. The summed E-state index contributed by atoms with van der Waals surface area (Å²) >= 11 is 0. The third kappa shape index (κ3) is 3.43. The van der Waals surface area contributed by atoms with Crippen molar-refractivity contribution in [1.29, 1.82) is 0 Å². The Labute approximate surface area is 163 Å². The second-order valence-electron chi connectivity index (χ2n) is 8.20. The third-order valence-electron chi connectivity index (χ3n) is 6.35. The molecular weight excluding hydrogens is 362 g/mol. The molecule has 1 amide bonds. The molecule has 1 aromatic carbocycles. The highest BCUT2D eigenvalue weighted by molar-refractivity contribution is 5.84. The van der Waals surface area contributed by atoms with Crippen molar-refractivity contribution in [2.24, 2.45) is 12.5 Å². The molecule has 28 heavy (non-hydrogen) atoms. The summed E-state index contributed by atoms with van der Waals surface area (Å²) in [5.74, 6) is -1.58. The minimum absolute atomic E-state index is 0.147. The maximum absolute atomic E-state index is 13.5. The fourth-order valence-electron chi connectivity index (χ4n) is 4.57. The summed E-state index contributed by atoms with van der Waals surface area (Å²) in [6.45, 7) is 5.50. The van der Waals surface area contributed by atoms with Gasteiger partial charge in [-0.1, -0.05) is 6.07 Å². The molecule has 2 saturated heterocycles. The number of rotatable bonds is 4. The quantitative estimate of drug-likeness (QED) is 0.809. The predicted octanol–water partition coefficient (Wildman–Crippen LogP) is 3.02. The maximum atomic E-state index is 13.5. The van der Waals surface area contributed by atoms with Crippen molar-refractivity contribution in [2.75, 3.05) is 19.6 Å². The summed E-state index contributed by atoms with van der Waals surface area (Å²) in [7, 11) is 1.94. The van der Waals surface area contributed by atoms with Crippen molar-refractivity contribution in [3.8, 4) is 0 Å². The van der Waals surface area contributed by atoms with Crippen LogP contribution >= 0.6 is 0 Å². The van der Waals surface area contributed by atoms with Crippen LogP contribution in [0.5, 0.6) is 0 Å². The Balaban J connectivity index is 1.45. The lowest BCUT2D eigenvalue weighted by Gasteiger charge is -2.39. The van der Waals surface area contributed by atoms with Crippen molar-refractivity contribution in [1.82, 2.24) is 19.6 Å². The van der Waals surface area contributed by atoms with Crippen LogP contribution < -0.4 is 0 Å². The molecule has 2 aliphatic heterocycles. The summed E-state index contributed by atoms with van der Waals surface area (Å²) in [5.41, 5.74) is 2.62. The van der Waals surface area contributed by atoms with E-state index in [4.69, 9.17) is 0 Å². The second kappa shape index (κ2) is 7.28. The highest BCUT2D eigenvalue weighted by atomic mass is 19.2. The first-order valence-corrected chi connectivity index (χ1v) is 9.81. The number of halogens is 2. The zero-order chi connectivity index (χ0) is 19.9. The molecule has 1 unspecified atom stereocenters. The van der Waals surface area contributed by atoms with Gasteiger partial charge in [-0.25, -0.2) is 8.78 Å². The van der Waals surface area contributed by atoms with Gasteiger partial charge in [0, 0.05) is 44.5 Å². The Morgan fingerprint density at radius 2 is 1.96 bits per heavy atom. The van der Waals surface area contributed by atoms with E-state index in [-0.39, 0.29) is 11.3 Å². The molecular formula is C21H26F2N4O. The molecule has 1 spiro atoms. The summed E-state index contributed by atoms with van der Waals surface area (Å²) in [4.78, 5) is 17.4. The Morgan fingerprint density at radius 3 is 2.68 bits per heavy atom. The molecule has 3 heterocycles. The van der Waals surface area contributed by atoms with Crippen LogP contribution in [0.2, 0.25) is 0 Å². The Kier molecular flexibility index (Phi) is 4.95. The number of carbonyl (C=O) groups excluding carboxylic acids is 1. The van der Waals surface area contributed by atoms with Crippen LogP contribution in [0.3, 0.4) is 0 Å². The zero-order valence-corrected chi connectivity index (χ0v) is 16.4. The lowest BCUT2D eigenvalue weighted by Crippen LogP contribution is -2.49. The molecule has 0 aliphatic carbocycles. The van der Waals surface area contributed by atoms with E-state index in [1.54, 1.807) is 6.07 Å². The molecule has 7 heteroatoms. The van der Waals surface area contributed by atoms with Crippen LogP contribution in [0.4, 0.5) is 8.78 Å². The molecule has 1 atom stereocenters. The van der Waals surface area contributed by atoms with E-state index in [9.17, 15) is 13.6 Å². The van der Waals surface area contributed by atoms with Gasteiger partial charge < -0.3 is 4.90 Å². The van der Waals surface area contributed by atoms with Gasteiger partial charge in [0.1, 0.15) is 0 Å². The molecule has 1 aromatic heterocycles. The fourth-order valence-corrected chi connectivity index (χ4v) is 4.57. The minimum atomic E-state index is -0.865. The van der Waals surface area contributed by atoms with Gasteiger partial charge in [0.25, 0.3) is 0 Å². The molecule has 0 saturated carbocycles. The number of likely N-dealkylation sites (tertiary alicyclic amines) is 2. The molecule has 0 radical (unpaired) electrons. The lowest BCUT2D eigenvalue weighted by molar-refractivity contribution is -0.146. The Bertz CT molecular complexity index is 897. The Hall–Kier alpha value is -2.28. The van der Waals surface area contributed by atoms with Gasteiger partial charge in [0.05, 0.1) is 11.6 Å². The number of piperidine rings is 1. The van der Waals surface area contributed by atoms with Crippen LogP contribution in [0.25, 0.3) is 0 Å². The average molecular weight is 388 g/mol. The molecule has 5 nitrogen and oxygen atoms in total. The van der Waals surface area contributed by atoms with Crippen molar-refractivity contribution >= 4 is 5.91 Å². The first-order valence-electron chi connectivity index (χ1n) is 9.81. The molecule has 0 N–H and O–H groups in total. The molecule has 2 fully saturated rings. The third-order valence-corrected chi connectivity index (χ3v) is 6.35. The highest BCUT2D eigenvalue weighted by Crippen LogP contribution is 2.41. The molecule has 150 valence electrons. The van der Waals surface area contributed by atoms with E-state index < -0.39 is 11.6 Å². The van der Waals surface area contributed by atoms with E-state index >= 15 is 0 Å². The van der Waals surface area contributed by atoms with Gasteiger partial charge >= 0.3 is 0 Å². The van der Waals surface area contributed by atoms with Crippen molar-refractivity contribution in [3.05, 3.63) is 52.9 Å². The zero-order valence-electron chi connectivity index (χ0n) is 16.4. The Morgan fingerprint density at radius 1 is 1.14 bits per heavy atom. The van der Waals surface area contributed by atoms with Crippen molar-refractivity contribution in [2.45, 2.75) is 39.3 Å². The average Bonchev–Trinajstić information content (AvgIpc) is 3.21. The number of aromatic nitrogens is 2. The van der Waals surface area contributed by atoms with Crippen LogP contribution in [-0.4, -0.2) is 45.1 Å². The van der Waals surface area contributed by atoms with Crippen molar-refractivity contribution in [3.63, 3.8) is 0 Å². The van der Waals surface area contributed by atoms with Crippen LogP contribution in [0, 0.1) is 24.0 Å². The number of benzene rings is 1. The van der Waals surface area contributed by atoms with Gasteiger partial charge in [-0.2, -0.15) is 5.10 Å². The summed E-state index contributed by atoms with van der Waals surface area (Å²) < 4.78 is 28.6. The number of amides is 1. The van der Waals surface area contributed by atoms with Gasteiger partial charge in [-0.05, 0) is 50.4 Å². The van der Waals surface area contributed by atoms with E-state index in [2.05, 4.69) is 16.9 Å². The number of hydrogen-bond acceptors (Lipinski definition) is 3. The largest absolute Gasteiger partial charge is 0.338 e. The lowest BCUT2D eigenvalue weighted by atomic mass is 9.78. The van der Waals surface area contributed by atoms with Crippen molar-refractivity contribution < 1.29 is 13.6 Å². The standard InChI is InChI=1S/C21H26F2N4O/c1-15-17(11-24-25(15)2)13-26-9-7-21(14-26)6-3-8-27(20(21)28)12-16-4-5-18(22)19(23)10-16/h4-5,10-11H,3,6-9,12-14H2,1-2H3. The van der Waals surface area contributed by atoms with E-state index in [0.29, 0.717) is 18.7 Å². The molecule has 2 aromatic rings.